The molecule has 3 heterocycles. The minimum absolute atomic E-state index is 0.627. The van der Waals surface area contributed by atoms with Crippen molar-refractivity contribution in [2.45, 2.75) is 0 Å². The molecule has 0 saturated carbocycles. The lowest BCUT2D eigenvalue weighted by Crippen LogP contribution is -2.05. The minimum Gasteiger partial charge on any atom is -0.309 e. The zero-order valence-electron chi connectivity index (χ0n) is 30.4. The smallest absolute Gasteiger partial charge is 0.235 e. The summed E-state index contributed by atoms with van der Waals surface area (Å²) in [4.78, 5) is 10.8. The highest BCUT2D eigenvalue weighted by Gasteiger charge is 2.25. The monoisotopic (exact) mass is 714 g/mol. The molecule has 4 nitrogen and oxygen atoms in total. The van der Waals surface area contributed by atoms with Crippen LogP contribution in [0, 0.1) is 0 Å². The fourth-order valence-corrected chi connectivity index (χ4v) is 8.53. The van der Waals surface area contributed by atoms with Crippen LogP contribution < -0.4 is 0 Å². The molecule has 0 aliphatic rings. The topological polar surface area (TPSA) is 35.6 Å². The zero-order valence-corrected chi connectivity index (χ0v) is 30.4. The van der Waals surface area contributed by atoms with E-state index in [1.54, 1.807) is 0 Å². The summed E-state index contributed by atoms with van der Waals surface area (Å²) >= 11 is 0. The van der Waals surface area contributed by atoms with Crippen LogP contribution in [0.15, 0.2) is 206 Å². The number of rotatable bonds is 6. The summed E-state index contributed by atoms with van der Waals surface area (Å²) < 4.78 is 4.70. The van der Waals surface area contributed by atoms with Gasteiger partial charge in [0.05, 0.1) is 33.5 Å². The second-order valence-corrected chi connectivity index (χ2v) is 14.2. The van der Waals surface area contributed by atoms with Crippen molar-refractivity contribution in [3.63, 3.8) is 0 Å². The summed E-state index contributed by atoms with van der Waals surface area (Å²) in [6.45, 7) is 0. The number of nitrogens with zero attached hydrogens (tertiary/aromatic N) is 4. The van der Waals surface area contributed by atoms with E-state index in [2.05, 4.69) is 203 Å². The van der Waals surface area contributed by atoms with Crippen LogP contribution in [0.25, 0.3) is 100 Å². The highest BCUT2D eigenvalue weighted by atomic mass is 15.2. The van der Waals surface area contributed by atoms with Crippen LogP contribution in [0.5, 0.6) is 0 Å². The molecule has 0 radical (unpaired) electrons. The Hall–Kier alpha value is -7.56. The van der Waals surface area contributed by atoms with E-state index in [4.69, 9.17) is 9.97 Å². The number of benzene rings is 8. The molecular weight excluding hydrogens is 681 g/mol. The van der Waals surface area contributed by atoms with E-state index in [0.29, 0.717) is 5.95 Å². The van der Waals surface area contributed by atoms with E-state index < -0.39 is 0 Å². The van der Waals surface area contributed by atoms with Gasteiger partial charge in [0.15, 0.2) is 0 Å². The Balaban J connectivity index is 1.32. The highest BCUT2D eigenvalue weighted by Crippen LogP contribution is 2.47. The molecule has 262 valence electrons. The van der Waals surface area contributed by atoms with E-state index in [-0.39, 0.29) is 0 Å². The molecule has 8 aromatic carbocycles. The standard InChI is InChI=1S/C52H34N4/c1-5-18-35(19-6-1)39-32-33-41-40-26-13-15-29-46(40)56(52-53-44(36-20-7-2-8-21-36)34-45(54-52)37-22-9-3-10-23-37)51(41)50(39)43-28-17-31-48-49(43)42-27-14-16-30-47(42)55(48)38-24-11-4-12-25-38/h1-34H. The number of fused-ring (bicyclic) bond motifs is 6. The summed E-state index contributed by atoms with van der Waals surface area (Å²) in [6, 6.07) is 73.2. The summed E-state index contributed by atoms with van der Waals surface area (Å²) in [7, 11) is 0. The SMILES string of the molecule is c1ccc(-c2cc(-c3ccccc3)nc(-n3c4ccccc4c4ccc(-c5ccccc5)c(-c5cccc6c5c5ccccc5n6-c5ccccc5)c43)n2)cc1. The number of hydrogen-bond donors (Lipinski definition) is 0. The summed E-state index contributed by atoms with van der Waals surface area (Å²) in [5.41, 5.74) is 14.0. The molecule has 3 aromatic heterocycles. The number of hydrogen-bond acceptors (Lipinski definition) is 2. The van der Waals surface area contributed by atoms with Crippen molar-refractivity contribution in [3.8, 4) is 56.4 Å². The fraction of sp³-hybridized carbons (Fsp3) is 0. The van der Waals surface area contributed by atoms with Gasteiger partial charge in [-0.3, -0.25) is 4.57 Å². The van der Waals surface area contributed by atoms with Crippen LogP contribution >= 0.6 is 0 Å². The van der Waals surface area contributed by atoms with E-state index >= 15 is 0 Å². The van der Waals surface area contributed by atoms with Gasteiger partial charge in [-0.1, -0.05) is 170 Å². The lowest BCUT2D eigenvalue weighted by molar-refractivity contribution is 0.996. The average Bonchev–Trinajstić information content (AvgIpc) is 3.80. The first kappa shape index (κ1) is 31.9. The molecule has 11 rings (SSSR count). The number of aromatic nitrogens is 4. The second-order valence-electron chi connectivity index (χ2n) is 14.2. The van der Waals surface area contributed by atoms with Crippen molar-refractivity contribution in [1.82, 2.24) is 19.1 Å². The van der Waals surface area contributed by atoms with Gasteiger partial charge in [0.25, 0.3) is 0 Å². The van der Waals surface area contributed by atoms with Gasteiger partial charge in [0, 0.05) is 43.9 Å². The maximum absolute atomic E-state index is 5.41. The van der Waals surface area contributed by atoms with Crippen LogP contribution in [0.1, 0.15) is 0 Å². The molecule has 11 aromatic rings. The third kappa shape index (κ3) is 5.08. The van der Waals surface area contributed by atoms with Gasteiger partial charge >= 0.3 is 0 Å². The fourth-order valence-electron chi connectivity index (χ4n) is 8.53. The highest BCUT2D eigenvalue weighted by molar-refractivity contribution is 6.22. The van der Waals surface area contributed by atoms with E-state index in [1.165, 1.54) is 16.3 Å². The first-order valence-corrected chi connectivity index (χ1v) is 19.0. The Morgan fingerprint density at radius 3 is 1.50 bits per heavy atom. The van der Waals surface area contributed by atoms with Crippen molar-refractivity contribution in [2.75, 3.05) is 0 Å². The molecular formula is C52H34N4. The van der Waals surface area contributed by atoms with Crippen molar-refractivity contribution in [2.24, 2.45) is 0 Å². The Morgan fingerprint density at radius 2 is 0.857 bits per heavy atom. The molecule has 56 heavy (non-hydrogen) atoms. The molecule has 0 aliphatic heterocycles. The third-order valence-electron chi connectivity index (χ3n) is 11.0. The van der Waals surface area contributed by atoms with Gasteiger partial charge in [-0.2, -0.15) is 0 Å². The quantitative estimate of drug-likeness (QED) is 0.172. The van der Waals surface area contributed by atoms with Crippen molar-refractivity contribution in [3.05, 3.63) is 206 Å². The molecule has 0 N–H and O–H groups in total. The molecule has 0 unspecified atom stereocenters. The van der Waals surface area contributed by atoms with Gasteiger partial charge < -0.3 is 4.57 Å². The molecule has 0 atom stereocenters. The lowest BCUT2D eigenvalue weighted by atomic mass is 9.90. The van der Waals surface area contributed by atoms with Gasteiger partial charge in [-0.25, -0.2) is 9.97 Å². The van der Waals surface area contributed by atoms with Gasteiger partial charge in [-0.05, 0) is 53.1 Å². The van der Waals surface area contributed by atoms with E-state index in [0.717, 1.165) is 77.8 Å². The van der Waals surface area contributed by atoms with E-state index in [1.807, 2.05) is 12.1 Å². The normalized spacial score (nSPS) is 11.6. The van der Waals surface area contributed by atoms with Crippen molar-refractivity contribution in [1.29, 1.82) is 0 Å². The van der Waals surface area contributed by atoms with Crippen molar-refractivity contribution < 1.29 is 0 Å². The molecule has 0 saturated heterocycles. The molecule has 4 heteroatoms. The first-order chi connectivity index (χ1) is 27.8. The van der Waals surface area contributed by atoms with Crippen LogP contribution in [0.3, 0.4) is 0 Å². The Bertz CT molecular complexity index is 3160. The Kier molecular flexibility index (Phi) is 7.46. The first-order valence-electron chi connectivity index (χ1n) is 19.0. The Morgan fingerprint density at radius 1 is 0.339 bits per heavy atom. The maximum Gasteiger partial charge on any atom is 0.235 e. The third-order valence-corrected chi connectivity index (χ3v) is 11.0. The predicted molar refractivity (Wildman–Crippen MR) is 232 cm³/mol. The summed E-state index contributed by atoms with van der Waals surface area (Å²) in [5, 5.41) is 4.71. The molecule has 0 bridgehead atoms. The average molecular weight is 715 g/mol. The number of para-hydroxylation sites is 3. The second kappa shape index (κ2) is 13.1. The molecule has 0 amide bonds. The van der Waals surface area contributed by atoms with Crippen LogP contribution in [-0.4, -0.2) is 19.1 Å². The van der Waals surface area contributed by atoms with Crippen molar-refractivity contribution >= 4 is 43.6 Å². The lowest BCUT2D eigenvalue weighted by Gasteiger charge is -2.17. The zero-order chi connectivity index (χ0) is 37.0. The molecule has 0 aliphatic carbocycles. The minimum atomic E-state index is 0.627. The summed E-state index contributed by atoms with van der Waals surface area (Å²) in [5.74, 6) is 0.627. The van der Waals surface area contributed by atoms with Gasteiger partial charge in [-0.15, -0.1) is 0 Å². The van der Waals surface area contributed by atoms with Gasteiger partial charge in [0.1, 0.15) is 0 Å². The molecule has 0 spiro atoms. The Labute approximate surface area is 324 Å². The van der Waals surface area contributed by atoms with Crippen LogP contribution in [0.2, 0.25) is 0 Å². The predicted octanol–water partition coefficient (Wildman–Crippen LogP) is 13.3. The summed E-state index contributed by atoms with van der Waals surface area (Å²) in [6.07, 6.45) is 0. The largest absolute Gasteiger partial charge is 0.309 e. The van der Waals surface area contributed by atoms with Gasteiger partial charge in [0.2, 0.25) is 5.95 Å². The van der Waals surface area contributed by atoms with Crippen LogP contribution in [0.4, 0.5) is 0 Å². The van der Waals surface area contributed by atoms with E-state index in [9.17, 15) is 0 Å². The maximum atomic E-state index is 5.41. The van der Waals surface area contributed by atoms with Crippen LogP contribution in [-0.2, 0) is 0 Å². The molecule has 0 fully saturated rings.